The van der Waals surface area contributed by atoms with Crippen molar-refractivity contribution < 1.29 is 23.7 Å². The van der Waals surface area contributed by atoms with Crippen molar-refractivity contribution in [1.82, 2.24) is 10.2 Å². The van der Waals surface area contributed by atoms with Crippen LogP contribution in [0.15, 0.2) is 18.2 Å². The third-order valence-electron chi connectivity index (χ3n) is 4.88. The standard InChI is InChI=1S/C19H28N2O5.ClH/c1-23-16-4-3-5-17(24-2)19(16)26-15-6-9-21(10-7-15)18(22)12-14-13-25-11-8-20-14;/h3-5,14-15,20H,6-13H2,1-2H3;1H. The van der Waals surface area contributed by atoms with Gasteiger partial charge in [0.15, 0.2) is 11.5 Å². The Morgan fingerprint density at radius 3 is 2.44 bits per heavy atom. The fourth-order valence-electron chi connectivity index (χ4n) is 3.41. The van der Waals surface area contributed by atoms with E-state index >= 15 is 0 Å². The third-order valence-corrected chi connectivity index (χ3v) is 4.88. The molecule has 1 atom stereocenters. The zero-order chi connectivity index (χ0) is 18.4. The number of hydrogen-bond acceptors (Lipinski definition) is 6. The smallest absolute Gasteiger partial charge is 0.224 e. The number of carbonyl (C=O) groups is 1. The molecule has 3 rings (SSSR count). The van der Waals surface area contributed by atoms with Gasteiger partial charge in [0.2, 0.25) is 11.7 Å². The highest BCUT2D eigenvalue weighted by Gasteiger charge is 2.27. The van der Waals surface area contributed by atoms with Crippen LogP contribution in [0.3, 0.4) is 0 Å². The van der Waals surface area contributed by atoms with Crippen molar-refractivity contribution in [3.05, 3.63) is 18.2 Å². The summed E-state index contributed by atoms with van der Waals surface area (Å²) < 4.78 is 22.3. The molecule has 1 amide bonds. The highest BCUT2D eigenvalue weighted by atomic mass is 35.5. The highest BCUT2D eigenvalue weighted by Crippen LogP contribution is 2.38. The fraction of sp³-hybridized carbons (Fsp3) is 0.632. The highest BCUT2D eigenvalue weighted by molar-refractivity contribution is 5.85. The normalized spacial score (nSPS) is 20.5. The van der Waals surface area contributed by atoms with E-state index in [1.54, 1.807) is 14.2 Å². The maximum Gasteiger partial charge on any atom is 0.224 e. The summed E-state index contributed by atoms with van der Waals surface area (Å²) in [5.74, 6) is 2.13. The van der Waals surface area contributed by atoms with E-state index < -0.39 is 0 Å². The lowest BCUT2D eigenvalue weighted by Gasteiger charge is -2.34. The van der Waals surface area contributed by atoms with Crippen molar-refractivity contribution >= 4 is 18.3 Å². The summed E-state index contributed by atoms with van der Waals surface area (Å²) in [6.07, 6.45) is 2.12. The van der Waals surface area contributed by atoms with Gasteiger partial charge in [-0.1, -0.05) is 6.07 Å². The van der Waals surface area contributed by atoms with E-state index in [0.717, 1.165) is 26.0 Å². The van der Waals surface area contributed by atoms with E-state index in [0.29, 0.717) is 43.4 Å². The monoisotopic (exact) mass is 400 g/mol. The van der Waals surface area contributed by atoms with Gasteiger partial charge in [0.25, 0.3) is 0 Å². The molecule has 0 spiro atoms. The van der Waals surface area contributed by atoms with E-state index in [1.165, 1.54) is 0 Å². The van der Waals surface area contributed by atoms with Crippen LogP contribution in [0.4, 0.5) is 0 Å². The van der Waals surface area contributed by atoms with Gasteiger partial charge in [0.1, 0.15) is 6.10 Å². The molecule has 2 fully saturated rings. The van der Waals surface area contributed by atoms with Crippen LogP contribution in [0, 0.1) is 0 Å². The average Bonchev–Trinajstić information content (AvgIpc) is 2.69. The number of rotatable bonds is 6. The molecular formula is C19H29ClN2O5. The number of halogens is 1. The Morgan fingerprint density at radius 2 is 1.89 bits per heavy atom. The second kappa shape index (κ2) is 10.6. The zero-order valence-corrected chi connectivity index (χ0v) is 16.8. The molecule has 152 valence electrons. The minimum Gasteiger partial charge on any atom is -0.493 e. The summed E-state index contributed by atoms with van der Waals surface area (Å²) in [4.78, 5) is 14.4. The zero-order valence-electron chi connectivity index (χ0n) is 15.9. The van der Waals surface area contributed by atoms with E-state index in [-0.39, 0.29) is 30.5 Å². The van der Waals surface area contributed by atoms with E-state index in [4.69, 9.17) is 18.9 Å². The lowest BCUT2D eigenvalue weighted by molar-refractivity contribution is -0.134. The molecule has 0 aromatic heterocycles. The van der Waals surface area contributed by atoms with Crippen LogP contribution >= 0.6 is 12.4 Å². The average molecular weight is 401 g/mol. The predicted molar refractivity (Wildman–Crippen MR) is 104 cm³/mol. The van der Waals surface area contributed by atoms with Gasteiger partial charge < -0.3 is 29.2 Å². The van der Waals surface area contributed by atoms with Gasteiger partial charge in [-0.2, -0.15) is 0 Å². The number of nitrogens with one attached hydrogen (secondary N) is 1. The number of morpholine rings is 1. The predicted octanol–water partition coefficient (Wildman–Crippen LogP) is 1.87. The number of methoxy groups -OCH3 is 2. The van der Waals surface area contributed by atoms with Crippen LogP contribution in [-0.2, 0) is 9.53 Å². The second-order valence-corrected chi connectivity index (χ2v) is 6.62. The molecular weight excluding hydrogens is 372 g/mol. The quantitative estimate of drug-likeness (QED) is 0.786. The van der Waals surface area contributed by atoms with Gasteiger partial charge in [-0.3, -0.25) is 4.79 Å². The number of para-hydroxylation sites is 1. The number of ether oxygens (including phenoxy) is 4. The van der Waals surface area contributed by atoms with Crippen molar-refractivity contribution in [2.45, 2.75) is 31.4 Å². The molecule has 0 bridgehead atoms. The number of nitrogens with zero attached hydrogens (tertiary/aromatic N) is 1. The Labute approximate surface area is 166 Å². The molecule has 1 aromatic rings. The van der Waals surface area contributed by atoms with Crippen molar-refractivity contribution in [2.24, 2.45) is 0 Å². The number of benzene rings is 1. The largest absolute Gasteiger partial charge is 0.493 e. The fourth-order valence-corrected chi connectivity index (χ4v) is 3.41. The molecule has 2 aliphatic rings. The minimum absolute atomic E-state index is 0. The number of amides is 1. The molecule has 7 nitrogen and oxygen atoms in total. The van der Waals surface area contributed by atoms with Gasteiger partial charge in [-0.15, -0.1) is 12.4 Å². The first-order valence-corrected chi connectivity index (χ1v) is 9.17. The minimum atomic E-state index is 0. The number of likely N-dealkylation sites (tertiary alicyclic amines) is 1. The molecule has 0 radical (unpaired) electrons. The van der Waals surface area contributed by atoms with Crippen molar-refractivity contribution in [3.63, 3.8) is 0 Å². The van der Waals surface area contributed by atoms with Crippen LogP contribution in [-0.4, -0.2) is 70.0 Å². The Bertz CT molecular complexity index is 580. The van der Waals surface area contributed by atoms with Gasteiger partial charge >= 0.3 is 0 Å². The Morgan fingerprint density at radius 1 is 1.22 bits per heavy atom. The molecule has 0 saturated carbocycles. The summed E-state index contributed by atoms with van der Waals surface area (Å²) in [6.45, 7) is 3.55. The Kier molecular flexibility index (Phi) is 8.47. The first-order chi connectivity index (χ1) is 12.7. The SMILES string of the molecule is COc1cccc(OC)c1OC1CCN(C(=O)CC2COCCN2)CC1.Cl. The second-order valence-electron chi connectivity index (χ2n) is 6.62. The Balaban J connectivity index is 0.00000261. The lowest BCUT2D eigenvalue weighted by Crippen LogP contribution is -2.47. The van der Waals surface area contributed by atoms with Crippen LogP contribution < -0.4 is 19.5 Å². The molecule has 0 aliphatic carbocycles. The van der Waals surface area contributed by atoms with Crippen LogP contribution in [0.2, 0.25) is 0 Å². The molecule has 1 aromatic carbocycles. The maximum absolute atomic E-state index is 12.5. The van der Waals surface area contributed by atoms with E-state index in [2.05, 4.69) is 5.32 Å². The maximum atomic E-state index is 12.5. The summed E-state index contributed by atoms with van der Waals surface area (Å²) in [7, 11) is 3.23. The number of piperidine rings is 1. The summed E-state index contributed by atoms with van der Waals surface area (Å²) in [5, 5.41) is 3.33. The molecule has 2 heterocycles. The number of carbonyl (C=O) groups excluding carboxylic acids is 1. The third kappa shape index (κ3) is 5.64. The summed E-state index contributed by atoms with van der Waals surface area (Å²) >= 11 is 0. The molecule has 2 aliphatic heterocycles. The van der Waals surface area contributed by atoms with Crippen molar-refractivity contribution in [1.29, 1.82) is 0 Å². The van der Waals surface area contributed by atoms with Gasteiger partial charge in [0.05, 0.1) is 27.4 Å². The van der Waals surface area contributed by atoms with E-state index in [1.807, 2.05) is 23.1 Å². The lowest BCUT2D eigenvalue weighted by atomic mass is 10.1. The van der Waals surface area contributed by atoms with Gasteiger partial charge in [0, 0.05) is 44.9 Å². The first-order valence-electron chi connectivity index (χ1n) is 9.17. The van der Waals surface area contributed by atoms with E-state index in [9.17, 15) is 4.79 Å². The van der Waals surface area contributed by atoms with Crippen molar-refractivity contribution in [2.75, 3.05) is 47.1 Å². The molecule has 2 saturated heterocycles. The molecule has 1 unspecified atom stereocenters. The van der Waals surface area contributed by atoms with Crippen molar-refractivity contribution in [3.8, 4) is 17.2 Å². The molecule has 8 heteroatoms. The van der Waals surface area contributed by atoms with Gasteiger partial charge in [-0.25, -0.2) is 0 Å². The van der Waals surface area contributed by atoms with Crippen LogP contribution in [0.25, 0.3) is 0 Å². The number of hydrogen-bond donors (Lipinski definition) is 1. The molecule has 27 heavy (non-hydrogen) atoms. The Hall–Kier alpha value is -1.70. The summed E-state index contributed by atoms with van der Waals surface area (Å²) in [6, 6.07) is 5.71. The first kappa shape index (κ1) is 21.6. The summed E-state index contributed by atoms with van der Waals surface area (Å²) in [5.41, 5.74) is 0. The van der Waals surface area contributed by atoms with Crippen LogP contribution in [0.5, 0.6) is 17.2 Å². The molecule has 1 N–H and O–H groups in total. The van der Waals surface area contributed by atoms with Gasteiger partial charge in [-0.05, 0) is 12.1 Å². The topological polar surface area (TPSA) is 69.3 Å². The van der Waals surface area contributed by atoms with Crippen LogP contribution in [0.1, 0.15) is 19.3 Å².